The molecule has 0 saturated carbocycles. The van der Waals surface area contributed by atoms with E-state index in [2.05, 4.69) is 28.1 Å². The molecule has 14 heavy (non-hydrogen) atoms. The topological polar surface area (TPSA) is 0 Å². The van der Waals surface area contributed by atoms with Gasteiger partial charge in [0, 0.05) is 4.47 Å². The first-order valence-electron chi connectivity index (χ1n) is 4.95. The molecule has 0 amide bonds. The SMILES string of the molecule is [B]CCCCC([B])c1ccc(Br)cc1. The van der Waals surface area contributed by atoms with Crippen molar-refractivity contribution in [2.24, 2.45) is 0 Å². The second-order valence-electron chi connectivity index (χ2n) is 3.44. The highest BCUT2D eigenvalue weighted by atomic mass is 79.9. The van der Waals surface area contributed by atoms with Crippen LogP contribution in [0.3, 0.4) is 0 Å². The number of hydrogen-bond acceptors (Lipinski definition) is 0. The van der Waals surface area contributed by atoms with Gasteiger partial charge in [0.15, 0.2) is 0 Å². The van der Waals surface area contributed by atoms with E-state index in [-0.39, 0.29) is 5.82 Å². The second-order valence-corrected chi connectivity index (χ2v) is 4.36. The Morgan fingerprint density at radius 3 is 2.36 bits per heavy atom. The van der Waals surface area contributed by atoms with Crippen molar-refractivity contribution in [1.82, 2.24) is 0 Å². The first kappa shape index (κ1) is 11.9. The van der Waals surface area contributed by atoms with Crippen LogP contribution in [0.1, 0.15) is 30.6 Å². The van der Waals surface area contributed by atoms with Gasteiger partial charge in [-0.15, -0.1) is 0 Å². The molecule has 3 heteroatoms. The van der Waals surface area contributed by atoms with E-state index in [0.717, 1.165) is 30.1 Å². The van der Waals surface area contributed by atoms with Crippen LogP contribution in [0.15, 0.2) is 28.7 Å². The number of hydrogen-bond donors (Lipinski definition) is 0. The number of rotatable bonds is 5. The largest absolute Gasteiger partial charge is 0.0887 e. The van der Waals surface area contributed by atoms with Crippen molar-refractivity contribution in [3.05, 3.63) is 34.3 Å². The highest BCUT2D eigenvalue weighted by molar-refractivity contribution is 9.10. The monoisotopic (exact) mass is 246 g/mol. The number of unbranched alkanes of at least 4 members (excludes halogenated alkanes) is 1. The summed E-state index contributed by atoms with van der Waals surface area (Å²) in [5, 5.41) is 0. The third-order valence-corrected chi connectivity index (χ3v) is 2.80. The molecule has 1 aromatic rings. The van der Waals surface area contributed by atoms with E-state index >= 15 is 0 Å². The summed E-state index contributed by atoms with van der Waals surface area (Å²) in [6.45, 7) is 0. The van der Waals surface area contributed by atoms with Crippen LogP contribution in [0.2, 0.25) is 6.32 Å². The molecule has 1 atom stereocenters. The van der Waals surface area contributed by atoms with E-state index in [1.54, 1.807) is 0 Å². The fraction of sp³-hybridized carbons (Fsp3) is 0.455. The molecule has 0 aliphatic rings. The van der Waals surface area contributed by atoms with Crippen LogP contribution >= 0.6 is 15.9 Å². The summed E-state index contributed by atoms with van der Waals surface area (Å²) in [6, 6.07) is 8.19. The molecule has 0 heterocycles. The molecule has 0 aliphatic heterocycles. The maximum absolute atomic E-state index is 6.03. The molecule has 0 bridgehead atoms. The van der Waals surface area contributed by atoms with Gasteiger partial charge in [-0.05, 0) is 12.1 Å². The molecule has 0 spiro atoms. The molecule has 4 radical (unpaired) electrons. The summed E-state index contributed by atoms with van der Waals surface area (Å²) in [6.07, 6.45) is 3.93. The second kappa shape index (κ2) is 6.34. The fourth-order valence-electron chi connectivity index (χ4n) is 1.39. The summed E-state index contributed by atoms with van der Waals surface area (Å²) in [5.41, 5.74) is 1.20. The fourth-order valence-corrected chi connectivity index (χ4v) is 1.65. The van der Waals surface area contributed by atoms with Crippen LogP contribution < -0.4 is 0 Å². The molecule has 0 N–H and O–H groups in total. The highest BCUT2D eigenvalue weighted by Crippen LogP contribution is 2.21. The molecular weight excluding hydrogens is 234 g/mol. The molecule has 1 unspecified atom stereocenters. The first-order chi connectivity index (χ1) is 6.74. The maximum Gasteiger partial charge on any atom is 0.0763 e. The Bertz CT molecular complexity index is 258. The Kier molecular flexibility index (Phi) is 5.39. The molecule has 0 saturated heterocycles. The third-order valence-electron chi connectivity index (χ3n) is 2.27. The van der Waals surface area contributed by atoms with Crippen LogP contribution in [0.25, 0.3) is 0 Å². The summed E-state index contributed by atoms with van der Waals surface area (Å²) in [4.78, 5) is 0. The Hall–Kier alpha value is -0.170. The minimum Gasteiger partial charge on any atom is -0.0887 e. The molecular formula is C11H13B2Br. The molecule has 1 aromatic carbocycles. The Morgan fingerprint density at radius 2 is 1.79 bits per heavy atom. The first-order valence-corrected chi connectivity index (χ1v) is 5.74. The lowest BCUT2D eigenvalue weighted by Crippen LogP contribution is -1.97. The molecule has 1 rings (SSSR count). The van der Waals surface area contributed by atoms with E-state index < -0.39 is 0 Å². The van der Waals surface area contributed by atoms with Crippen molar-refractivity contribution < 1.29 is 0 Å². The van der Waals surface area contributed by atoms with E-state index in [4.69, 9.17) is 15.7 Å². The van der Waals surface area contributed by atoms with Gasteiger partial charge in [0.1, 0.15) is 0 Å². The van der Waals surface area contributed by atoms with Crippen LogP contribution in [0.5, 0.6) is 0 Å². The van der Waals surface area contributed by atoms with Crippen LogP contribution in [-0.2, 0) is 0 Å². The van der Waals surface area contributed by atoms with Gasteiger partial charge in [0.25, 0.3) is 0 Å². The average Bonchev–Trinajstić information content (AvgIpc) is 2.19. The van der Waals surface area contributed by atoms with Crippen molar-refractivity contribution in [3.8, 4) is 0 Å². The predicted molar refractivity (Wildman–Crippen MR) is 67.0 cm³/mol. The van der Waals surface area contributed by atoms with Gasteiger partial charge < -0.3 is 0 Å². The maximum atomic E-state index is 6.03. The van der Waals surface area contributed by atoms with Crippen molar-refractivity contribution >= 4 is 31.6 Å². The Morgan fingerprint density at radius 1 is 1.14 bits per heavy atom. The minimum atomic E-state index is 0.148. The standard InChI is InChI=1S/C11H13B2Br/c12-8-2-1-3-11(13)9-4-6-10(14)7-5-9/h4-7,11H,1-3,8H2. The van der Waals surface area contributed by atoms with Gasteiger partial charge in [0.05, 0.1) is 15.7 Å². The summed E-state index contributed by atoms with van der Waals surface area (Å²) >= 11 is 3.40. The zero-order chi connectivity index (χ0) is 10.4. The van der Waals surface area contributed by atoms with Crippen molar-refractivity contribution in [2.45, 2.75) is 31.4 Å². The molecule has 0 fully saturated rings. The average molecular weight is 247 g/mol. The highest BCUT2D eigenvalue weighted by Gasteiger charge is 2.03. The number of halogens is 1. The minimum absolute atomic E-state index is 0.148. The van der Waals surface area contributed by atoms with Crippen LogP contribution in [0, 0.1) is 0 Å². The van der Waals surface area contributed by atoms with Crippen molar-refractivity contribution in [1.29, 1.82) is 0 Å². The smallest absolute Gasteiger partial charge is 0.0763 e. The summed E-state index contributed by atoms with van der Waals surface area (Å²) in [5.74, 6) is 0.148. The van der Waals surface area contributed by atoms with E-state index in [0.29, 0.717) is 0 Å². The molecule has 0 nitrogen and oxygen atoms in total. The van der Waals surface area contributed by atoms with Crippen molar-refractivity contribution in [2.75, 3.05) is 0 Å². The molecule has 70 valence electrons. The lowest BCUT2D eigenvalue weighted by Gasteiger charge is -2.11. The molecule has 0 aromatic heterocycles. The molecule has 0 aliphatic carbocycles. The Labute approximate surface area is 97.4 Å². The van der Waals surface area contributed by atoms with E-state index in [1.807, 2.05) is 12.1 Å². The Balaban J connectivity index is 2.43. The van der Waals surface area contributed by atoms with Gasteiger partial charge in [-0.25, -0.2) is 0 Å². The predicted octanol–water partition coefficient (Wildman–Crippen LogP) is 3.42. The number of benzene rings is 1. The lowest BCUT2D eigenvalue weighted by molar-refractivity contribution is 0.700. The van der Waals surface area contributed by atoms with E-state index in [9.17, 15) is 0 Å². The van der Waals surface area contributed by atoms with Crippen LogP contribution in [0.4, 0.5) is 0 Å². The van der Waals surface area contributed by atoms with Crippen molar-refractivity contribution in [3.63, 3.8) is 0 Å². The zero-order valence-corrected chi connectivity index (χ0v) is 9.83. The summed E-state index contributed by atoms with van der Waals surface area (Å²) in [7, 11) is 11.5. The summed E-state index contributed by atoms with van der Waals surface area (Å²) < 4.78 is 1.09. The zero-order valence-electron chi connectivity index (χ0n) is 8.25. The third kappa shape index (κ3) is 3.91. The van der Waals surface area contributed by atoms with Gasteiger partial charge in [-0.3, -0.25) is 0 Å². The lowest BCUT2D eigenvalue weighted by atomic mass is 9.77. The van der Waals surface area contributed by atoms with Gasteiger partial charge in [0.2, 0.25) is 0 Å². The normalized spacial score (nSPS) is 12.6. The van der Waals surface area contributed by atoms with Crippen LogP contribution in [-0.4, -0.2) is 15.7 Å². The van der Waals surface area contributed by atoms with Gasteiger partial charge in [-0.1, -0.05) is 65.0 Å². The quantitative estimate of drug-likeness (QED) is 0.552. The van der Waals surface area contributed by atoms with E-state index in [1.165, 1.54) is 5.56 Å². The van der Waals surface area contributed by atoms with Gasteiger partial charge in [-0.2, -0.15) is 0 Å². The van der Waals surface area contributed by atoms with Gasteiger partial charge >= 0.3 is 0 Å².